The van der Waals surface area contributed by atoms with Gasteiger partial charge in [0.2, 0.25) is 0 Å². The van der Waals surface area contributed by atoms with E-state index in [1.165, 1.54) is 24.2 Å². The monoisotopic (exact) mass is 303 g/mol. The Kier molecular flexibility index (Phi) is 3.14. The fourth-order valence-corrected chi connectivity index (χ4v) is 3.32. The third kappa shape index (κ3) is 2.65. The van der Waals surface area contributed by atoms with Crippen molar-refractivity contribution >= 4 is 22.4 Å². The van der Waals surface area contributed by atoms with Crippen molar-refractivity contribution in [1.29, 1.82) is 0 Å². The van der Waals surface area contributed by atoms with E-state index in [-0.39, 0.29) is 12.1 Å². The third-order valence-corrected chi connectivity index (χ3v) is 4.88. The molecule has 4 rings (SSSR count). The van der Waals surface area contributed by atoms with E-state index in [2.05, 4.69) is 21.8 Å². The highest BCUT2D eigenvalue weighted by atomic mass is 32.1. The molecule has 0 aromatic carbocycles. The summed E-state index contributed by atoms with van der Waals surface area (Å²) >= 11 is 1.53. The molecule has 7 heteroatoms. The average molecular weight is 303 g/mol. The minimum Gasteiger partial charge on any atom is -0.322 e. The molecule has 0 bridgehead atoms. The van der Waals surface area contributed by atoms with Crippen LogP contribution < -0.4 is 5.32 Å². The van der Waals surface area contributed by atoms with Gasteiger partial charge < -0.3 is 4.90 Å². The van der Waals surface area contributed by atoms with Crippen molar-refractivity contribution in [3.63, 3.8) is 0 Å². The van der Waals surface area contributed by atoms with E-state index in [9.17, 15) is 4.79 Å². The number of urea groups is 1. The fraction of sp³-hybridized carbons (Fsp3) is 0.500. The van der Waals surface area contributed by atoms with Crippen LogP contribution in [0.4, 0.5) is 9.80 Å². The number of nitrogens with zero attached hydrogens (tertiary/aromatic N) is 4. The fourth-order valence-electron chi connectivity index (χ4n) is 2.71. The van der Waals surface area contributed by atoms with Gasteiger partial charge in [-0.3, -0.25) is 5.32 Å². The van der Waals surface area contributed by atoms with E-state index in [1.807, 2.05) is 27.1 Å². The predicted molar refractivity (Wildman–Crippen MR) is 80.6 cm³/mol. The van der Waals surface area contributed by atoms with E-state index < -0.39 is 0 Å². The smallest absolute Gasteiger partial charge is 0.322 e. The lowest BCUT2D eigenvalue weighted by Crippen LogP contribution is -2.33. The normalized spacial score (nSPS) is 21.7. The van der Waals surface area contributed by atoms with Gasteiger partial charge in [-0.15, -0.1) is 16.4 Å². The summed E-state index contributed by atoms with van der Waals surface area (Å²) < 4.78 is 1.94. The van der Waals surface area contributed by atoms with Gasteiger partial charge in [-0.25, -0.2) is 9.48 Å². The standard InChI is InChI=1S/C14H17N5OS/c20-14(15-13-2-1-7-21-13)18-6-5-11(8-18)19-9-12(16-17-19)10-3-4-10/h1-2,7,9-11H,3-6,8H2,(H,15,20). The summed E-state index contributed by atoms with van der Waals surface area (Å²) in [6, 6.07) is 4.07. The molecular formula is C14H17N5OS. The number of rotatable bonds is 3. The van der Waals surface area contributed by atoms with Gasteiger partial charge in [-0.2, -0.15) is 0 Å². The SMILES string of the molecule is O=C(Nc1cccs1)N1CCC(n2cc(C3CC3)nn2)C1. The van der Waals surface area contributed by atoms with E-state index in [0.717, 1.165) is 23.7 Å². The maximum absolute atomic E-state index is 12.2. The number of anilines is 1. The molecule has 1 unspecified atom stereocenters. The van der Waals surface area contributed by atoms with Crippen LogP contribution in [0.3, 0.4) is 0 Å². The van der Waals surface area contributed by atoms with Crippen molar-refractivity contribution in [2.75, 3.05) is 18.4 Å². The molecule has 1 aliphatic heterocycles. The molecule has 110 valence electrons. The number of thiophene rings is 1. The number of carbonyl (C=O) groups excluding carboxylic acids is 1. The van der Waals surface area contributed by atoms with Crippen molar-refractivity contribution < 1.29 is 4.79 Å². The van der Waals surface area contributed by atoms with Gasteiger partial charge in [0, 0.05) is 25.2 Å². The molecule has 1 atom stereocenters. The number of carbonyl (C=O) groups is 1. The van der Waals surface area contributed by atoms with Crippen molar-refractivity contribution in [3.05, 3.63) is 29.4 Å². The molecule has 0 spiro atoms. The van der Waals surface area contributed by atoms with Gasteiger partial charge in [-0.05, 0) is 36.8 Å². The van der Waals surface area contributed by atoms with Crippen LogP contribution in [-0.4, -0.2) is 39.0 Å². The molecule has 2 aromatic rings. The molecule has 0 radical (unpaired) electrons. The lowest BCUT2D eigenvalue weighted by Gasteiger charge is -2.16. The Labute approximate surface area is 126 Å². The number of nitrogens with one attached hydrogen (secondary N) is 1. The Balaban J connectivity index is 1.38. The molecule has 2 fully saturated rings. The van der Waals surface area contributed by atoms with Gasteiger partial charge in [0.1, 0.15) is 0 Å². The molecule has 6 nitrogen and oxygen atoms in total. The predicted octanol–water partition coefficient (Wildman–Crippen LogP) is 2.70. The molecule has 1 N–H and O–H groups in total. The number of hydrogen-bond acceptors (Lipinski definition) is 4. The zero-order chi connectivity index (χ0) is 14.2. The van der Waals surface area contributed by atoms with Gasteiger partial charge in [0.05, 0.1) is 16.7 Å². The summed E-state index contributed by atoms with van der Waals surface area (Å²) in [5.41, 5.74) is 1.11. The van der Waals surface area contributed by atoms with Crippen molar-refractivity contribution in [2.24, 2.45) is 0 Å². The molecular weight excluding hydrogens is 286 g/mol. The highest BCUT2D eigenvalue weighted by Crippen LogP contribution is 2.39. The first-order valence-electron chi connectivity index (χ1n) is 7.31. The van der Waals surface area contributed by atoms with Crippen molar-refractivity contribution in [1.82, 2.24) is 19.9 Å². The second-order valence-corrected chi connectivity index (χ2v) is 6.64. The van der Waals surface area contributed by atoms with Crippen LogP contribution in [-0.2, 0) is 0 Å². The topological polar surface area (TPSA) is 63.1 Å². The maximum Gasteiger partial charge on any atom is 0.322 e. The van der Waals surface area contributed by atoms with Gasteiger partial charge in [0.25, 0.3) is 0 Å². The van der Waals surface area contributed by atoms with Crippen LogP contribution in [0.1, 0.15) is 36.9 Å². The summed E-state index contributed by atoms with van der Waals surface area (Å²) in [6.07, 6.45) is 5.46. The molecule has 1 aliphatic carbocycles. The highest BCUT2D eigenvalue weighted by molar-refractivity contribution is 7.14. The zero-order valence-electron chi connectivity index (χ0n) is 11.6. The quantitative estimate of drug-likeness (QED) is 0.948. The average Bonchev–Trinajstić information content (AvgIpc) is 2.94. The Hall–Kier alpha value is -1.89. The van der Waals surface area contributed by atoms with E-state index in [4.69, 9.17) is 0 Å². The Bertz CT molecular complexity index is 634. The number of amides is 2. The van der Waals surface area contributed by atoms with Gasteiger partial charge in [-0.1, -0.05) is 5.21 Å². The summed E-state index contributed by atoms with van der Waals surface area (Å²) in [5, 5.41) is 14.3. The zero-order valence-corrected chi connectivity index (χ0v) is 12.4. The Morgan fingerprint density at radius 3 is 3.05 bits per heavy atom. The molecule has 1 saturated carbocycles. The minimum atomic E-state index is -0.0255. The Morgan fingerprint density at radius 2 is 2.29 bits per heavy atom. The Morgan fingerprint density at radius 1 is 1.38 bits per heavy atom. The first-order valence-corrected chi connectivity index (χ1v) is 8.19. The minimum absolute atomic E-state index is 0.0255. The molecule has 2 amide bonds. The first-order chi connectivity index (χ1) is 10.3. The maximum atomic E-state index is 12.2. The van der Waals surface area contributed by atoms with Crippen molar-refractivity contribution in [3.8, 4) is 0 Å². The van der Waals surface area contributed by atoms with Gasteiger partial charge >= 0.3 is 6.03 Å². The van der Waals surface area contributed by atoms with Crippen molar-refractivity contribution in [2.45, 2.75) is 31.2 Å². The second kappa shape index (κ2) is 5.14. The molecule has 2 aromatic heterocycles. The highest BCUT2D eigenvalue weighted by Gasteiger charge is 2.31. The lowest BCUT2D eigenvalue weighted by atomic mass is 10.2. The summed E-state index contributed by atoms with van der Waals surface area (Å²) in [4.78, 5) is 14.0. The number of aromatic nitrogens is 3. The molecule has 1 saturated heterocycles. The number of likely N-dealkylation sites (tertiary alicyclic amines) is 1. The third-order valence-electron chi connectivity index (χ3n) is 4.10. The van der Waals surface area contributed by atoms with E-state index >= 15 is 0 Å². The van der Waals surface area contributed by atoms with E-state index in [1.54, 1.807) is 0 Å². The van der Waals surface area contributed by atoms with Crippen LogP contribution in [0.5, 0.6) is 0 Å². The number of hydrogen-bond donors (Lipinski definition) is 1. The first kappa shape index (κ1) is 12.8. The summed E-state index contributed by atoms with van der Waals surface area (Å²) in [7, 11) is 0. The molecule has 21 heavy (non-hydrogen) atoms. The largest absolute Gasteiger partial charge is 0.322 e. The van der Waals surface area contributed by atoms with Crippen LogP contribution >= 0.6 is 11.3 Å². The van der Waals surface area contributed by atoms with E-state index in [0.29, 0.717) is 12.5 Å². The lowest BCUT2D eigenvalue weighted by molar-refractivity contribution is 0.220. The summed E-state index contributed by atoms with van der Waals surface area (Å²) in [5.74, 6) is 0.624. The van der Waals surface area contributed by atoms with Crippen LogP contribution in [0.2, 0.25) is 0 Å². The molecule has 3 heterocycles. The summed E-state index contributed by atoms with van der Waals surface area (Å²) in [6.45, 7) is 1.46. The van der Waals surface area contributed by atoms with Gasteiger partial charge in [0.15, 0.2) is 0 Å². The second-order valence-electron chi connectivity index (χ2n) is 5.69. The van der Waals surface area contributed by atoms with Crippen LogP contribution in [0, 0.1) is 0 Å². The van der Waals surface area contributed by atoms with Crippen LogP contribution in [0.25, 0.3) is 0 Å². The van der Waals surface area contributed by atoms with Crippen LogP contribution in [0.15, 0.2) is 23.7 Å². The molecule has 2 aliphatic rings.